The second kappa shape index (κ2) is 5.04. The van der Waals surface area contributed by atoms with Gasteiger partial charge in [0.2, 0.25) is 0 Å². The number of hydrogen-bond acceptors (Lipinski definition) is 4. The summed E-state index contributed by atoms with van der Waals surface area (Å²) in [5, 5.41) is 7.29. The number of nitrogens with one attached hydrogen (secondary N) is 1. The van der Waals surface area contributed by atoms with Gasteiger partial charge in [-0.2, -0.15) is 5.10 Å². The van der Waals surface area contributed by atoms with Gasteiger partial charge in [0.15, 0.2) is 5.69 Å². The molecule has 2 aromatic rings. The largest absolute Gasteiger partial charge is 0.472 e. The Balaban J connectivity index is 1.50. The van der Waals surface area contributed by atoms with E-state index in [1.54, 1.807) is 12.5 Å². The average molecular weight is 286 g/mol. The van der Waals surface area contributed by atoms with Gasteiger partial charge < -0.3 is 9.32 Å². The van der Waals surface area contributed by atoms with Crippen LogP contribution in [0.3, 0.4) is 0 Å². The number of aromatic amines is 1. The lowest BCUT2D eigenvalue weighted by atomic mass is 10.2. The Morgan fingerprint density at radius 1 is 1.33 bits per heavy atom. The van der Waals surface area contributed by atoms with Crippen LogP contribution in [-0.4, -0.2) is 39.0 Å². The van der Waals surface area contributed by atoms with Gasteiger partial charge in [0.05, 0.1) is 18.2 Å². The number of carbonyl (C=O) groups excluding carboxylic acids is 1. The fourth-order valence-corrected chi connectivity index (χ4v) is 3.20. The van der Waals surface area contributed by atoms with Crippen molar-refractivity contribution in [3.05, 3.63) is 41.1 Å². The van der Waals surface area contributed by atoms with Crippen LogP contribution >= 0.6 is 0 Å². The number of amides is 1. The van der Waals surface area contributed by atoms with Crippen molar-refractivity contribution in [3.63, 3.8) is 0 Å². The van der Waals surface area contributed by atoms with Crippen molar-refractivity contribution in [1.29, 1.82) is 0 Å². The van der Waals surface area contributed by atoms with Crippen molar-refractivity contribution in [2.24, 2.45) is 0 Å². The molecule has 0 unspecified atom stereocenters. The minimum atomic E-state index is 0.0789. The molecule has 2 aromatic heterocycles. The molecule has 1 fully saturated rings. The van der Waals surface area contributed by atoms with Gasteiger partial charge >= 0.3 is 0 Å². The third-order valence-corrected chi connectivity index (χ3v) is 4.30. The Morgan fingerprint density at radius 3 is 2.95 bits per heavy atom. The van der Waals surface area contributed by atoms with Gasteiger partial charge in [-0.3, -0.25) is 14.8 Å². The minimum absolute atomic E-state index is 0.0789. The molecule has 0 atom stereocenters. The average Bonchev–Trinajstić information content (AvgIpc) is 3.24. The van der Waals surface area contributed by atoms with E-state index in [-0.39, 0.29) is 5.91 Å². The molecular weight excluding hydrogens is 268 g/mol. The predicted octanol–water partition coefficient (Wildman–Crippen LogP) is 1.75. The van der Waals surface area contributed by atoms with Crippen molar-refractivity contribution >= 4 is 5.91 Å². The Bertz CT molecular complexity index is 641. The highest BCUT2D eigenvalue weighted by molar-refractivity contribution is 5.94. The minimum Gasteiger partial charge on any atom is -0.472 e. The zero-order chi connectivity index (χ0) is 14.2. The molecule has 0 spiro atoms. The number of likely N-dealkylation sites (tertiary alicyclic amines) is 1. The van der Waals surface area contributed by atoms with Gasteiger partial charge in [0.1, 0.15) is 0 Å². The Kier molecular flexibility index (Phi) is 3.03. The van der Waals surface area contributed by atoms with E-state index in [0.717, 1.165) is 62.4 Å². The monoisotopic (exact) mass is 286 g/mol. The van der Waals surface area contributed by atoms with Gasteiger partial charge in [0.25, 0.3) is 5.91 Å². The lowest BCUT2D eigenvalue weighted by Gasteiger charge is -2.16. The molecule has 0 radical (unpaired) electrons. The van der Waals surface area contributed by atoms with E-state index in [1.165, 1.54) is 0 Å². The summed E-state index contributed by atoms with van der Waals surface area (Å²) in [5.41, 5.74) is 3.90. The molecule has 4 rings (SSSR count). The summed E-state index contributed by atoms with van der Waals surface area (Å²) in [4.78, 5) is 16.7. The standard InChI is InChI=1S/C15H18N4O2/c20-15(19-4-1-2-5-19)14-12-8-18(9-13(12)16-17-14)7-11-3-6-21-10-11/h3,6,10H,1-2,4-5,7-9H2,(H,16,17). The van der Waals surface area contributed by atoms with E-state index in [4.69, 9.17) is 4.42 Å². The molecule has 0 aromatic carbocycles. The van der Waals surface area contributed by atoms with Crippen LogP contribution in [0.2, 0.25) is 0 Å². The first-order valence-electron chi connectivity index (χ1n) is 7.40. The van der Waals surface area contributed by atoms with Crippen LogP contribution in [0.15, 0.2) is 23.0 Å². The topological polar surface area (TPSA) is 65.4 Å². The van der Waals surface area contributed by atoms with Gasteiger partial charge in [-0.25, -0.2) is 0 Å². The van der Waals surface area contributed by atoms with E-state index in [0.29, 0.717) is 5.69 Å². The molecule has 6 nitrogen and oxygen atoms in total. The predicted molar refractivity (Wildman–Crippen MR) is 75.4 cm³/mol. The third-order valence-electron chi connectivity index (χ3n) is 4.30. The van der Waals surface area contributed by atoms with Crippen LogP contribution in [0.1, 0.15) is 40.2 Å². The molecule has 0 aliphatic carbocycles. The zero-order valence-electron chi connectivity index (χ0n) is 11.8. The van der Waals surface area contributed by atoms with Crippen molar-refractivity contribution < 1.29 is 9.21 Å². The first-order valence-corrected chi connectivity index (χ1v) is 7.40. The maximum absolute atomic E-state index is 12.5. The fraction of sp³-hybridized carbons (Fsp3) is 0.467. The van der Waals surface area contributed by atoms with Crippen LogP contribution in [0, 0.1) is 0 Å². The van der Waals surface area contributed by atoms with Crippen LogP contribution in [0.25, 0.3) is 0 Å². The molecule has 0 bridgehead atoms. The van der Waals surface area contributed by atoms with Gasteiger partial charge in [0, 0.05) is 43.9 Å². The molecule has 110 valence electrons. The molecule has 1 N–H and O–H groups in total. The van der Waals surface area contributed by atoms with Crippen LogP contribution in [0.5, 0.6) is 0 Å². The van der Waals surface area contributed by atoms with Crippen molar-refractivity contribution in [2.75, 3.05) is 13.1 Å². The highest BCUT2D eigenvalue weighted by atomic mass is 16.3. The van der Waals surface area contributed by atoms with Gasteiger partial charge in [-0.15, -0.1) is 0 Å². The van der Waals surface area contributed by atoms with Crippen LogP contribution in [0.4, 0.5) is 0 Å². The lowest BCUT2D eigenvalue weighted by molar-refractivity contribution is 0.0785. The first kappa shape index (κ1) is 12.6. The molecule has 1 saturated heterocycles. The maximum Gasteiger partial charge on any atom is 0.274 e. The number of carbonyl (C=O) groups is 1. The molecule has 4 heterocycles. The Labute approximate surface area is 122 Å². The normalized spacial score (nSPS) is 18.4. The summed E-state index contributed by atoms with van der Waals surface area (Å²) in [6.07, 6.45) is 5.66. The van der Waals surface area contributed by atoms with E-state index in [9.17, 15) is 4.79 Å². The number of H-pyrrole nitrogens is 1. The van der Waals surface area contributed by atoms with E-state index >= 15 is 0 Å². The lowest BCUT2D eigenvalue weighted by Crippen LogP contribution is -2.29. The second-order valence-electron chi connectivity index (χ2n) is 5.81. The Morgan fingerprint density at radius 2 is 2.19 bits per heavy atom. The number of aromatic nitrogens is 2. The molecule has 2 aliphatic heterocycles. The number of fused-ring (bicyclic) bond motifs is 1. The van der Waals surface area contributed by atoms with Crippen LogP contribution < -0.4 is 0 Å². The summed E-state index contributed by atoms with van der Waals surface area (Å²) in [7, 11) is 0. The van der Waals surface area contributed by atoms with E-state index in [1.807, 2.05) is 11.0 Å². The summed E-state index contributed by atoms with van der Waals surface area (Å²) >= 11 is 0. The smallest absolute Gasteiger partial charge is 0.274 e. The molecule has 6 heteroatoms. The summed E-state index contributed by atoms with van der Waals surface area (Å²) in [6.45, 7) is 4.13. The van der Waals surface area contributed by atoms with Crippen LogP contribution in [-0.2, 0) is 19.6 Å². The molecule has 1 amide bonds. The Hall–Kier alpha value is -2.08. The maximum atomic E-state index is 12.5. The van der Waals surface area contributed by atoms with Crippen molar-refractivity contribution in [1.82, 2.24) is 20.0 Å². The number of furan rings is 1. The van der Waals surface area contributed by atoms with Gasteiger partial charge in [-0.05, 0) is 18.9 Å². The number of hydrogen-bond donors (Lipinski definition) is 1. The summed E-state index contributed by atoms with van der Waals surface area (Å²) < 4.78 is 5.11. The number of nitrogens with zero attached hydrogens (tertiary/aromatic N) is 3. The molecular formula is C15H18N4O2. The molecule has 21 heavy (non-hydrogen) atoms. The third kappa shape index (κ3) is 2.25. The highest BCUT2D eigenvalue weighted by Crippen LogP contribution is 2.26. The van der Waals surface area contributed by atoms with Gasteiger partial charge in [-0.1, -0.05) is 0 Å². The zero-order valence-corrected chi connectivity index (χ0v) is 11.8. The van der Waals surface area contributed by atoms with E-state index in [2.05, 4.69) is 15.1 Å². The second-order valence-corrected chi connectivity index (χ2v) is 5.81. The quantitative estimate of drug-likeness (QED) is 0.933. The van der Waals surface area contributed by atoms with E-state index < -0.39 is 0 Å². The highest BCUT2D eigenvalue weighted by Gasteiger charge is 2.30. The molecule has 0 saturated carbocycles. The number of rotatable bonds is 3. The fourth-order valence-electron chi connectivity index (χ4n) is 3.20. The van der Waals surface area contributed by atoms with Crippen molar-refractivity contribution in [3.8, 4) is 0 Å². The SMILES string of the molecule is O=C(c1n[nH]c2c1CN(Cc1ccoc1)C2)N1CCCC1. The molecule has 2 aliphatic rings. The van der Waals surface area contributed by atoms with Crippen molar-refractivity contribution in [2.45, 2.75) is 32.5 Å². The summed E-state index contributed by atoms with van der Waals surface area (Å²) in [5.74, 6) is 0.0789. The summed E-state index contributed by atoms with van der Waals surface area (Å²) in [6, 6.07) is 1.97. The first-order chi connectivity index (χ1) is 10.3.